The van der Waals surface area contributed by atoms with Crippen LogP contribution in [-0.4, -0.2) is 27.2 Å². The zero-order valence-corrected chi connectivity index (χ0v) is 12.9. The van der Waals surface area contributed by atoms with Gasteiger partial charge in [0.05, 0.1) is 33.4 Å². The van der Waals surface area contributed by atoms with Crippen LogP contribution in [0.5, 0.6) is 17.2 Å². The van der Waals surface area contributed by atoms with E-state index < -0.39 is 0 Å². The number of para-hydroxylation sites is 1. The lowest BCUT2D eigenvalue weighted by Crippen LogP contribution is -2.15. The number of anilines is 1. The number of methoxy groups -OCH3 is 3. The summed E-state index contributed by atoms with van der Waals surface area (Å²) in [6.07, 6.45) is 0.213. The van der Waals surface area contributed by atoms with Crippen molar-refractivity contribution in [2.75, 3.05) is 26.6 Å². The predicted molar refractivity (Wildman–Crippen MR) is 84.9 cm³/mol. The van der Waals surface area contributed by atoms with Gasteiger partial charge in [-0.3, -0.25) is 4.79 Å². The minimum absolute atomic E-state index is 0.156. The van der Waals surface area contributed by atoms with Crippen molar-refractivity contribution in [3.05, 3.63) is 48.0 Å². The lowest BCUT2D eigenvalue weighted by Gasteiger charge is -2.12. The molecule has 0 aromatic heterocycles. The Labute approximate surface area is 129 Å². The third-order valence-corrected chi connectivity index (χ3v) is 3.22. The quantitative estimate of drug-likeness (QED) is 0.891. The fraction of sp³-hybridized carbons (Fsp3) is 0.235. The van der Waals surface area contributed by atoms with Gasteiger partial charge in [-0.15, -0.1) is 0 Å². The molecule has 0 heterocycles. The van der Waals surface area contributed by atoms with Crippen LogP contribution in [-0.2, 0) is 11.2 Å². The van der Waals surface area contributed by atoms with Gasteiger partial charge in [0.15, 0.2) is 0 Å². The van der Waals surface area contributed by atoms with Crippen LogP contribution < -0.4 is 19.5 Å². The molecule has 0 bridgehead atoms. The minimum Gasteiger partial charge on any atom is -0.497 e. The summed E-state index contributed by atoms with van der Waals surface area (Å²) in [5.41, 5.74) is 1.39. The molecule has 1 N–H and O–H groups in total. The molecule has 0 saturated carbocycles. The number of carbonyl (C=O) groups is 1. The van der Waals surface area contributed by atoms with Gasteiger partial charge in [-0.05, 0) is 18.2 Å². The Morgan fingerprint density at radius 2 is 1.68 bits per heavy atom. The number of hydrogen-bond donors (Lipinski definition) is 1. The highest BCUT2D eigenvalue weighted by atomic mass is 16.5. The molecule has 0 aliphatic heterocycles. The summed E-state index contributed by atoms with van der Waals surface area (Å²) in [7, 11) is 4.71. The zero-order valence-electron chi connectivity index (χ0n) is 12.9. The summed E-state index contributed by atoms with van der Waals surface area (Å²) < 4.78 is 15.7. The third-order valence-electron chi connectivity index (χ3n) is 3.22. The Morgan fingerprint density at radius 3 is 2.36 bits per heavy atom. The number of carbonyl (C=O) groups excluding carboxylic acids is 1. The number of benzene rings is 2. The first-order chi connectivity index (χ1) is 10.7. The third kappa shape index (κ3) is 3.69. The van der Waals surface area contributed by atoms with E-state index in [9.17, 15) is 4.79 Å². The van der Waals surface area contributed by atoms with Crippen molar-refractivity contribution >= 4 is 11.6 Å². The van der Waals surface area contributed by atoms with Crippen molar-refractivity contribution in [3.63, 3.8) is 0 Å². The minimum atomic E-state index is -0.156. The fourth-order valence-electron chi connectivity index (χ4n) is 2.13. The number of amides is 1. The van der Waals surface area contributed by atoms with Crippen LogP contribution in [0.1, 0.15) is 5.56 Å². The summed E-state index contributed by atoms with van der Waals surface area (Å²) in [5, 5.41) is 2.84. The molecule has 0 aliphatic carbocycles. The molecule has 0 atom stereocenters. The van der Waals surface area contributed by atoms with E-state index >= 15 is 0 Å². The van der Waals surface area contributed by atoms with Crippen molar-refractivity contribution in [2.45, 2.75) is 6.42 Å². The van der Waals surface area contributed by atoms with E-state index in [1.165, 1.54) is 0 Å². The second-order valence-electron chi connectivity index (χ2n) is 4.60. The topological polar surface area (TPSA) is 56.8 Å². The largest absolute Gasteiger partial charge is 0.497 e. The Bertz CT molecular complexity index is 655. The summed E-state index contributed by atoms with van der Waals surface area (Å²) in [4.78, 5) is 12.3. The normalized spacial score (nSPS) is 9.95. The molecule has 0 unspecified atom stereocenters. The highest BCUT2D eigenvalue weighted by molar-refractivity contribution is 5.94. The molecule has 0 saturated heterocycles. The Balaban J connectivity index is 2.15. The van der Waals surface area contributed by atoms with E-state index in [0.717, 1.165) is 5.56 Å². The predicted octanol–water partition coefficient (Wildman–Crippen LogP) is 2.89. The van der Waals surface area contributed by atoms with Crippen LogP contribution in [0.2, 0.25) is 0 Å². The molecule has 2 rings (SSSR count). The lowest BCUT2D eigenvalue weighted by molar-refractivity contribution is -0.115. The van der Waals surface area contributed by atoms with Gasteiger partial charge >= 0.3 is 0 Å². The first-order valence-corrected chi connectivity index (χ1v) is 6.81. The molecule has 0 spiro atoms. The van der Waals surface area contributed by atoms with Crippen molar-refractivity contribution in [3.8, 4) is 17.2 Å². The van der Waals surface area contributed by atoms with E-state index in [-0.39, 0.29) is 12.3 Å². The monoisotopic (exact) mass is 301 g/mol. The fourth-order valence-corrected chi connectivity index (χ4v) is 2.13. The van der Waals surface area contributed by atoms with Crippen LogP contribution in [0.15, 0.2) is 42.5 Å². The van der Waals surface area contributed by atoms with Crippen LogP contribution in [0.25, 0.3) is 0 Å². The first kappa shape index (κ1) is 15.7. The molecule has 0 radical (unpaired) electrons. The van der Waals surface area contributed by atoms with E-state index in [0.29, 0.717) is 22.9 Å². The molecule has 0 fully saturated rings. The maximum absolute atomic E-state index is 12.3. The second-order valence-corrected chi connectivity index (χ2v) is 4.60. The number of ether oxygens (including phenoxy) is 3. The number of hydrogen-bond acceptors (Lipinski definition) is 4. The Kier molecular flexibility index (Phi) is 5.25. The molecule has 1 amide bonds. The molecule has 116 valence electrons. The van der Waals surface area contributed by atoms with Gasteiger partial charge in [-0.25, -0.2) is 0 Å². The molecule has 5 nitrogen and oxygen atoms in total. The second kappa shape index (κ2) is 7.36. The average Bonchev–Trinajstić information content (AvgIpc) is 2.55. The van der Waals surface area contributed by atoms with Gasteiger partial charge in [0.2, 0.25) is 5.91 Å². The van der Waals surface area contributed by atoms with E-state index in [1.807, 2.05) is 24.3 Å². The molecule has 5 heteroatoms. The van der Waals surface area contributed by atoms with Gasteiger partial charge in [-0.1, -0.05) is 18.2 Å². The van der Waals surface area contributed by atoms with Crippen LogP contribution in [0, 0.1) is 0 Å². The smallest absolute Gasteiger partial charge is 0.229 e. The van der Waals surface area contributed by atoms with Gasteiger partial charge < -0.3 is 19.5 Å². The summed E-state index contributed by atoms with van der Waals surface area (Å²) >= 11 is 0. The molecular formula is C17H19NO4. The number of rotatable bonds is 6. The van der Waals surface area contributed by atoms with E-state index in [4.69, 9.17) is 14.2 Å². The SMILES string of the molecule is COc1ccc(OC)c(NC(=O)Cc2ccccc2OC)c1. The Hall–Kier alpha value is -2.69. The van der Waals surface area contributed by atoms with Crippen molar-refractivity contribution < 1.29 is 19.0 Å². The summed E-state index contributed by atoms with van der Waals surface area (Å²) in [6.45, 7) is 0. The van der Waals surface area contributed by atoms with E-state index in [2.05, 4.69) is 5.32 Å². The molecule has 2 aromatic carbocycles. The average molecular weight is 301 g/mol. The maximum atomic E-state index is 12.3. The van der Waals surface area contributed by atoms with Crippen LogP contribution in [0.4, 0.5) is 5.69 Å². The highest BCUT2D eigenvalue weighted by Gasteiger charge is 2.12. The molecule has 22 heavy (non-hydrogen) atoms. The number of nitrogens with one attached hydrogen (secondary N) is 1. The van der Waals surface area contributed by atoms with Crippen molar-refractivity contribution in [2.24, 2.45) is 0 Å². The lowest BCUT2D eigenvalue weighted by atomic mass is 10.1. The Morgan fingerprint density at radius 1 is 0.955 bits per heavy atom. The van der Waals surface area contributed by atoms with Crippen molar-refractivity contribution in [1.29, 1.82) is 0 Å². The first-order valence-electron chi connectivity index (χ1n) is 6.81. The van der Waals surface area contributed by atoms with Gasteiger partial charge in [-0.2, -0.15) is 0 Å². The van der Waals surface area contributed by atoms with Crippen LogP contribution >= 0.6 is 0 Å². The van der Waals surface area contributed by atoms with Gasteiger partial charge in [0.25, 0.3) is 0 Å². The van der Waals surface area contributed by atoms with Gasteiger partial charge in [0, 0.05) is 11.6 Å². The van der Waals surface area contributed by atoms with E-state index in [1.54, 1.807) is 39.5 Å². The molecule has 0 aliphatic rings. The molecular weight excluding hydrogens is 282 g/mol. The highest BCUT2D eigenvalue weighted by Crippen LogP contribution is 2.29. The van der Waals surface area contributed by atoms with Crippen molar-refractivity contribution in [1.82, 2.24) is 0 Å². The summed E-state index contributed by atoms with van der Waals surface area (Å²) in [6, 6.07) is 12.7. The van der Waals surface area contributed by atoms with Crippen LogP contribution in [0.3, 0.4) is 0 Å². The molecule has 2 aromatic rings. The summed E-state index contributed by atoms with van der Waals surface area (Å²) in [5.74, 6) is 1.76. The van der Waals surface area contributed by atoms with Gasteiger partial charge in [0.1, 0.15) is 17.2 Å². The zero-order chi connectivity index (χ0) is 15.9. The standard InChI is InChI=1S/C17H19NO4/c1-20-13-8-9-16(22-3)14(11-13)18-17(19)10-12-6-4-5-7-15(12)21-2/h4-9,11H,10H2,1-3H3,(H,18,19). The maximum Gasteiger partial charge on any atom is 0.229 e.